The molecule has 0 saturated carbocycles. The summed E-state index contributed by atoms with van der Waals surface area (Å²) in [6, 6.07) is -1.09. The highest BCUT2D eigenvalue weighted by atomic mass is 16.6. The van der Waals surface area contributed by atoms with Gasteiger partial charge in [-0.05, 0) is 60.8 Å². The fraction of sp³-hybridized carbons (Fsp3) is 0.812. The van der Waals surface area contributed by atoms with Crippen molar-refractivity contribution >= 4 is 17.9 Å². The van der Waals surface area contributed by atoms with Crippen molar-refractivity contribution in [2.24, 2.45) is 11.5 Å². The molecular weight excluding hydrogens is 316 g/mol. The number of nitrogens with two attached hydrogens (primary N) is 2. The van der Waals surface area contributed by atoms with Gasteiger partial charge < -0.3 is 26.0 Å². The van der Waals surface area contributed by atoms with Crippen LogP contribution in [0.5, 0.6) is 0 Å². The minimum absolute atomic E-state index is 0.0693. The van der Waals surface area contributed by atoms with Gasteiger partial charge in [-0.25, -0.2) is 9.59 Å². The van der Waals surface area contributed by atoms with E-state index >= 15 is 0 Å². The van der Waals surface area contributed by atoms with Gasteiger partial charge >= 0.3 is 17.9 Å². The number of carbonyl (C=O) groups is 3. The van der Waals surface area contributed by atoms with Gasteiger partial charge in [0.05, 0.1) is 0 Å². The van der Waals surface area contributed by atoms with Crippen molar-refractivity contribution in [1.29, 1.82) is 0 Å². The van der Waals surface area contributed by atoms with E-state index in [2.05, 4.69) is 0 Å². The third-order valence-electron chi connectivity index (χ3n) is 2.93. The van der Waals surface area contributed by atoms with E-state index < -0.39 is 40.7 Å². The first-order chi connectivity index (χ1) is 10.6. The lowest BCUT2D eigenvalue weighted by Gasteiger charge is -2.32. The zero-order valence-electron chi connectivity index (χ0n) is 15.3. The maximum absolute atomic E-state index is 12.4. The van der Waals surface area contributed by atoms with E-state index in [0.717, 1.165) is 0 Å². The van der Waals surface area contributed by atoms with Crippen molar-refractivity contribution in [1.82, 2.24) is 0 Å². The van der Waals surface area contributed by atoms with Crippen LogP contribution in [0, 0.1) is 0 Å². The molecule has 0 bridgehead atoms. The lowest BCUT2D eigenvalue weighted by Crippen LogP contribution is -2.59. The lowest BCUT2D eigenvalue weighted by atomic mass is 9.92. The van der Waals surface area contributed by atoms with Crippen molar-refractivity contribution in [3.8, 4) is 0 Å². The van der Waals surface area contributed by atoms with Crippen LogP contribution >= 0.6 is 0 Å². The number of carbonyl (C=O) groups excluding carboxylic acids is 2. The van der Waals surface area contributed by atoms with Gasteiger partial charge in [0.15, 0.2) is 0 Å². The van der Waals surface area contributed by atoms with E-state index in [4.69, 9.17) is 26.0 Å². The second-order valence-corrected chi connectivity index (χ2v) is 7.81. The molecule has 0 aliphatic heterocycles. The Morgan fingerprint density at radius 2 is 1.33 bits per heavy atom. The van der Waals surface area contributed by atoms with Gasteiger partial charge in [-0.15, -0.1) is 0 Å². The average molecular weight is 346 g/mol. The maximum atomic E-state index is 12.4. The SMILES string of the molecule is CC(C)(C)OC(=O)C(N)(CCCC(N)C(=O)O)C(=O)OC(C)(C)C. The number of hydrogen-bond donors (Lipinski definition) is 3. The summed E-state index contributed by atoms with van der Waals surface area (Å²) in [5.41, 5.74) is 7.77. The molecule has 0 spiro atoms. The monoisotopic (exact) mass is 346 g/mol. The Balaban J connectivity index is 5.24. The van der Waals surface area contributed by atoms with Gasteiger partial charge in [0.25, 0.3) is 0 Å². The zero-order chi connectivity index (χ0) is 19.3. The fourth-order valence-electron chi connectivity index (χ4n) is 1.75. The van der Waals surface area contributed by atoms with Crippen LogP contribution in [-0.4, -0.2) is 45.8 Å². The third-order valence-corrected chi connectivity index (χ3v) is 2.93. The Hall–Kier alpha value is -1.67. The number of esters is 2. The van der Waals surface area contributed by atoms with Gasteiger partial charge in [-0.3, -0.25) is 4.79 Å². The van der Waals surface area contributed by atoms with Gasteiger partial charge in [0.1, 0.15) is 17.2 Å². The predicted molar refractivity (Wildman–Crippen MR) is 88.1 cm³/mol. The molecule has 1 unspecified atom stereocenters. The molecule has 0 aliphatic rings. The van der Waals surface area contributed by atoms with E-state index in [1.54, 1.807) is 41.5 Å². The topological polar surface area (TPSA) is 142 Å². The summed E-state index contributed by atoms with van der Waals surface area (Å²) in [6.45, 7) is 9.92. The second kappa shape index (κ2) is 7.94. The molecule has 0 aromatic rings. The summed E-state index contributed by atoms with van der Waals surface area (Å²) < 4.78 is 10.5. The van der Waals surface area contributed by atoms with Gasteiger partial charge in [0.2, 0.25) is 5.54 Å². The van der Waals surface area contributed by atoms with Gasteiger partial charge in [-0.1, -0.05) is 0 Å². The largest absolute Gasteiger partial charge is 0.480 e. The van der Waals surface area contributed by atoms with E-state index in [9.17, 15) is 14.4 Å². The first-order valence-corrected chi connectivity index (χ1v) is 7.82. The molecule has 5 N–H and O–H groups in total. The Morgan fingerprint density at radius 1 is 0.958 bits per heavy atom. The Kier molecular flexibility index (Phi) is 7.38. The number of carboxylic acid groups (broad SMARTS) is 1. The lowest BCUT2D eigenvalue weighted by molar-refractivity contribution is -0.177. The van der Waals surface area contributed by atoms with Crippen molar-refractivity contribution in [3.05, 3.63) is 0 Å². The van der Waals surface area contributed by atoms with Crippen LogP contribution in [0.1, 0.15) is 60.8 Å². The molecule has 0 aliphatic carbocycles. The third kappa shape index (κ3) is 7.74. The van der Waals surface area contributed by atoms with Crippen molar-refractivity contribution < 1.29 is 29.0 Å². The van der Waals surface area contributed by atoms with Crippen LogP contribution in [0.25, 0.3) is 0 Å². The number of hydrogen-bond acceptors (Lipinski definition) is 7. The predicted octanol–water partition coefficient (Wildman–Crippen LogP) is 0.950. The number of carboxylic acids is 1. The standard InChI is InChI=1S/C16H30N2O6/c1-14(2,3)23-12(21)16(18,13(22)24-15(4,5)6)9-7-8-10(17)11(19)20/h10H,7-9,17-18H2,1-6H3,(H,19,20). The molecule has 0 heterocycles. The first-order valence-electron chi connectivity index (χ1n) is 7.82. The van der Waals surface area contributed by atoms with Gasteiger partial charge in [0, 0.05) is 0 Å². The highest BCUT2D eigenvalue weighted by molar-refractivity contribution is 6.04. The van der Waals surface area contributed by atoms with E-state index in [-0.39, 0.29) is 19.3 Å². The maximum Gasteiger partial charge on any atom is 0.338 e. The summed E-state index contributed by atoms with van der Waals surface area (Å²) >= 11 is 0. The summed E-state index contributed by atoms with van der Waals surface area (Å²) in [5, 5.41) is 8.80. The molecular formula is C16H30N2O6. The minimum Gasteiger partial charge on any atom is -0.480 e. The Morgan fingerprint density at radius 3 is 1.62 bits per heavy atom. The molecule has 0 aromatic heterocycles. The van der Waals surface area contributed by atoms with Gasteiger partial charge in [-0.2, -0.15) is 0 Å². The van der Waals surface area contributed by atoms with Crippen LogP contribution in [-0.2, 0) is 23.9 Å². The smallest absolute Gasteiger partial charge is 0.338 e. The molecule has 8 nitrogen and oxygen atoms in total. The number of aliphatic carboxylic acids is 1. The summed E-state index contributed by atoms with van der Waals surface area (Å²) in [7, 11) is 0. The number of rotatable bonds is 7. The summed E-state index contributed by atoms with van der Waals surface area (Å²) in [5.74, 6) is -2.98. The molecule has 0 radical (unpaired) electrons. The number of ether oxygens (including phenoxy) is 2. The normalized spacial score (nSPS) is 14.0. The molecule has 24 heavy (non-hydrogen) atoms. The first kappa shape index (κ1) is 22.3. The molecule has 0 saturated heterocycles. The van der Waals surface area contributed by atoms with Crippen LogP contribution in [0.15, 0.2) is 0 Å². The molecule has 0 aromatic carbocycles. The van der Waals surface area contributed by atoms with Crippen LogP contribution in [0.3, 0.4) is 0 Å². The van der Waals surface area contributed by atoms with E-state index in [1.807, 2.05) is 0 Å². The average Bonchev–Trinajstić information content (AvgIpc) is 2.33. The molecule has 0 amide bonds. The summed E-state index contributed by atoms with van der Waals surface area (Å²) in [6.07, 6.45) is 0.0974. The van der Waals surface area contributed by atoms with Crippen LogP contribution in [0.4, 0.5) is 0 Å². The zero-order valence-corrected chi connectivity index (χ0v) is 15.3. The molecule has 1 atom stereocenters. The Bertz CT molecular complexity index is 448. The van der Waals surface area contributed by atoms with Crippen LogP contribution in [0.2, 0.25) is 0 Å². The van der Waals surface area contributed by atoms with E-state index in [0.29, 0.717) is 0 Å². The van der Waals surface area contributed by atoms with Crippen molar-refractivity contribution in [2.75, 3.05) is 0 Å². The van der Waals surface area contributed by atoms with Crippen molar-refractivity contribution in [3.63, 3.8) is 0 Å². The Labute approximate surface area is 142 Å². The molecule has 8 heteroatoms. The quantitative estimate of drug-likeness (QED) is 0.457. The minimum atomic E-state index is -2.02. The molecule has 0 fully saturated rings. The highest BCUT2D eigenvalue weighted by Gasteiger charge is 2.47. The van der Waals surface area contributed by atoms with E-state index in [1.165, 1.54) is 0 Å². The second-order valence-electron chi connectivity index (χ2n) is 7.81. The summed E-state index contributed by atoms with van der Waals surface area (Å²) in [4.78, 5) is 35.6. The highest BCUT2D eigenvalue weighted by Crippen LogP contribution is 2.22. The molecule has 140 valence electrons. The molecule has 0 rings (SSSR count). The fourth-order valence-corrected chi connectivity index (χ4v) is 1.75. The van der Waals surface area contributed by atoms with Crippen molar-refractivity contribution in [2.45, 2.75) is 83.6 Å². The van der Waals surface area contributed by atoms with Crippen LogP contribution < -0.4 is 11.5 Å².